The van der Waals surface area contributed by atoms with Crippen LogP contribution in [0.5, 0.6) is 17.2 Å². The van der Waals surface area contributed by atoms with Gasteiger partial charge in [-0.3, -0.25) is 4.79 Å². The SMILES string of the molecule is COc1ccc(CN(Cc2ccc(OC)cc2)S(=O)(=O)c2c(S(=O)(=O)CCNC(=O)OC(C)(C)C)ccc(-c3cccc(C(=O)NCCCNC(=O)OC(C)(C)C)c3N)c2C2=Nc3cc(ccc3OC)CN=NN2)cc1. The van der Waals surface area contributed by atoms with E-state index in [0.717, 1.165) is 10.4 Å². The Morgan fingerprint density at radius 1 is 0.697 bits per heavy atom. The Morgan fingerprint density at radius 2 is 1.28 bits per heavy atom. The smallest absolute Gasteiger partial charge is 0.407 e. The maximum atomic E-state index is 16.3. The number of anilines is 1. The summed E-state index contributed by atoms with van der Waals surface area (Å²) in [7, 11) is -5.41. The van der Waals surface area contributed by atoms with Crippen LogP contribution in [0.4, 0.5) is 21.0 Å². The number of sulfonamides is 1. The first kappa shape index (κ1) is 57.5. The van der Waals surface area contributed by atoms with Crippen molar-refractivity contribution >= 4 is 55.2 Å². The van der Waals surface area contributed by atoms with E-state index in [1.807, 2.05) is 0 Å². The molecule has 0 radical (unpaired) electrons. The summed E-state index contributed by atoms with van der Waals surface area (Å²) >= 11 is 0. The van der Waals surface area contributed by atoms with Crippen LogP contribution in [0.1, 0.15) is 80.6 Å². The van der Waals surface area contributed by atoms with Gasteiger partial charge in [0.15, 0.2) is 15.7 Å². The van der Waals surface area contributed by atoms with Crippen LogP contribution >= 0.6 is 0 Å². The second-order valence-corrected chi connectivity index (χ2v) is 23.3. The fourth-order valence-electron chi connectivity index (χ4n) is 7.73. The van der Waals surface area contributed by atoms with Crippen LogP contribution in [0.2, 0.25) is 0 Å². The number of ether oxygens (including phenoxy) is 5. The normalized spacial score (nSPS) is 12.7. The number of nitrogens with two attached hydrogens (primary N) is 1. The number of methoxy groups -OCH3 is 3. The molecular weight excluding hydrogens is 1020 g/mol. The summed E-state index contributed by atoms with van der Waals surface area (Å²) in [5.41, 5.74) is 9.75. The second-order valence-electron chi connectivity index (χ2n) is 19.3. The molecule has 0 saturated carbocycles. The molecule has 5 aromatic carbocycles. The Bertz CT molecular complexity index is 3140. The molecule has 0 fully saturated rings. The number of aliphatic imine (C=N–C) groups is 1. The van der Waals surface area contributed by atoms with Gasteiger partial charge in [-0.05, 0) is 119 Å². The summed E-state index contributed by atoms with van der Waals surface area (Å²) in [6.45, 7) is 9.49. The Morgan fingerprint density at radius 3 is 1.84 bits per heavy atom. The summed E-state index contributed by atoms with van der Waals surface area (Å²) in [6, 6.07) is 25.6. The zero-order valence-corrected chi connectivity index (χ0v) is 45.6. The molecule has 0 aromatic heterocycles. The molecule has 406 valence electrons. The number of sulfone groups is 1. The zero-order valence-electron chi connectivity index (χ0n) is 44.0. The van der Waals surface area contributed by atoms with Crippen LogP contribution < -0.4 is 41.3 Å². The van der Waals surface area contributed by atoms with Gasteiger partial charge in [0.2, 0.25) is 10.0 Å². The largest absolute Gasteiger partial charge is 0.497 e. The van der Waals surface area contributed by atoms with Gasteiger partial charge >= 0.3 is 12.2 Å². The molecule has 76 heavy (non-hydrogen) atoms. The van der Waals surface area contributed by atoms with E-state index in [0.29, 0.717) is 34.6 Å². The molecule has 6 N–H and O–H groups in total. The number of rotatable bonds is 20. The molecule has 1 aliphatic rings. The molecule has 0 saturated heterocycles. The third-order valence-electron chi connectivity index (χ3n) is 11.3. The first-order valence-electron chi connectivity index (χ1n) is 24.1. The number of amidine groups is 1. The van der Waals surface area contributed by atoms with Gasteiger partial charge in [0.05, 0.1) is 49.8 Å². The summed E-state index contributed by atoms with van der Waals surface area (Å²) in [5, 5.41) is 16.4. The van der Waals surface area contributed by atoms with Gasteiger partial charge in [0, 0.05) is 43.9 Å². The number of carbonyl (C=O) groups excluding carboxylic acids is 3. The van der Waals surface area contributed by atoms with Gasteiger partial charge in [0.1, 0.15) is 39.0 Å². The van der Waals surface area contributed by atoms with Crippen molar-refractivity contribution in [2.75, 3.05) is 52.5 Å². The summed E-state index contributed by atoms with van der Waals surface area (Å²) in [5.74, 6) is -0.379. The average molecular weight is 1080 g/mol. The van der Waals surface area contributed by atoms with Crippen LogP contribution in [0.15, 0.2) is 122 Å². The number of benzene rings is 5. The van der Waals surface area contributed by atoms with Crippen molar-refractivity contribution < 1.29 is 54.9 Å². The lowest BCUT2D eigenvalue weighted by Crippen LogP contribution is -2.36. The highest BCUT2D eigenvalue weighted by Gasteiger charge is 2.38. The molecule has 5 aromatic rings. The standard InChI is InChI=1S/C53H65N9O12S2/c1-52(2,3)73-50(64)56-27-11-26-55-49(63)41-13-10-12-40(46(41)54)39-23-25-44(75(66,67)29-28-57-51(65)74-53(4,5)6)47(45(39)48-59-42-30-36(31-58-61-60-48)18-24-43(42)72-9)76(68,69)62(32-34-14-19-37(70-7)20-15-34)33-35-16-21-38(71-8)22-17-35/h10,12-25,30H,11,26-29,31-33,54H2,1-9H3,(H,55,63)(H,56,64)(H,57,65)(H,58,59,60). The van der Waals surface area contributed by atoms with E-state index in [9.17, 15) is 14.4 Å². The first-order chi connectivity index (χ1) is 35.9. The maximum absolute atomic E-state index is 16.3. The van der Waals surface area contributed by atoms with Crippen LogP contribution in [0, 0.1) is 0 Å². The monoisotopic (exact) mass is 1080 g/mol. The highest BCUT2D eigenvalue weighted by atomic mass is 32.2. The minimum absolute atomic E-state index is 0.00284. The maximum Gasteiger partial charge on any atom is 0.407 e. The van der Waals surface area contributed by atoms with Gasteiger partial charge in [-0.15, -0.1) is 0 Å². The number of hydrogen-bond donors (Lipinski definition) is 5. The molecule has 0 unspecified atom stereocenters. The predicted octanol–water partition coefficient (Wildman–Crippen LogP) is 7.84. The number of nitrogen functional groups attached to an aromatic ring is 1. The molecule has 1 aliphatic heterocycles. The van der Waals surface area contributed by atoms with E-state index in [1.54, 1.807) is 120 Å². The van der Waals surface area contributed by atoms with E-state index in [1.165, 1.54) is 33.5 Å². The van der Waals surface area contributed by atoms with Crippen LogP contribution in [0.3, 0.4) is 0 Å². The van der Waals surface area contributed by atoms with Crippen LogP contribution in [-0.2, 0) is 49.0 Å². The van der Waals surface area contributed by atoms with Crippen molar-refractivity contribution in [3.8, 4) is 28.4 Å². The molecule has 0 aliphatic carbocycles. The third kappa shape index (κ3) is 15.2. The second kappa shape index (κ2) is 24.7. The molecule has 0 spiro atoms. The highest BCUT2D eigenvalue weighted by Crippen LogP contribution is 2.41. The summed E-state index contributed by atoms with van der Waals surface area (Å²) < 4.78 is 91.1. The number of nitrogens with zero attached hydrogens (tertiary/aromatic N) is 4. The lowest BCUT2D eigenvalue weighted by Gasteiger charge is -2.27. The number of fused-ring (bicyclic) bond motifs is 2. The number of amides is 3. The molecular formula is C53H65N9O12S2. The zero-order chi connectivity index (χ0) is 55.4. The van der Waals surface area contributed by atoms with Gasteiger partial charge in [0.25, 0.3) is 5.91 Å². The summed E-state index contributed by atoms with van der Waals surface area (Å²) in [6.07, 6.45) is -1.17. The molecule has 0 atom stereocenters. The Balaban J connectivity index is 1.61. The minimum atomic E-state index is -5.11. The number of carbonyl (C=O) groups is 3. The van der Waals surface area contributed by atoms with Crippen molar-refractivity contribution in [1.29, 1.82) is 0 Å². The van der Waals surface area contributed by atoms with Crippen molar-refractivity contribution in [2.24, 2.45) is 15.3 Å². The Labute approximate surface area is 443 Å². The fourth-order valence-corrected chi connectivity index (χ4v) is 11.4. The van der Waals surface area contributed by atoms with Crippen LogP contribution in [0.25, 0.3) is 11.1 Å². The van der Waals surface area contributed by atoms with Gasteiger partial charge in [-0.1, -0.05) is 53.8 Å². The summed E-state index contributed by atoms with van der Waals surface area (Å²) in [4.78, 5) is 42.5. The molecule has 23 heteroatoms. The molecule has 6 rings (SSSR count). The average Bonchev–Trinajstić information content (AvgIpc) is 3.43. The van der Waals surface area contributed by atoms with E-state index in [2.05, 4.69) is 31.7 Å². The topological polar surface area (TPSA) is 280 Å². The number of nitrogens with one attached hydrogen (secondary N) is 4. The quantitative estimate of drug-likeness (QED) is 0.0367. The van der Waals surface area contributed by atoms with Crippen LogP contribution in [-0.4, -0.2) is 103 Å². The Hall–Kier alpha value is -7.76. The van der Waals surface area contributed by atoms with E-state index in [4.69, 9.17) is 34.4 Å². The van der Waals surface area contributed by atoms with Crippen molar-refractivity contribution in [1.82, 2.24) is 25.7 Å². The third-order valence-corrected chi connectivity index (χ3v) is 15.0. The number of hydrogen-bond acceptors (Lipinski definition) is 17. The minimum Gasteiger partial charge on any atom is -0.497 e. The number of alkyl carbamates (subject to hydrolysis) is 2. The lowest BCUT2D eigenvalue weighted by molar-refractivity contribution is 0.0517. The Kier molecular flexibility index (Phi) is 18.7. The molecule has 1 heterocycles. The number of para-hydroxylation sites is 1. The highest BCUT2D eigenvalue weighted by molar-refractivity contribution is 7.93. The first-order valence-corrected chi connectivity index (χ1v) is 27.2. The van der Waals surface area contributed by atoms with Crippen molar-refractivity contribution in [2.45, 2.75) is 88.6 Å². The fraction of sp³-hybridized carbons (Fsp3) is 0.358. The lowest BCUT2D eigenvalue weighted by atomic mass is 9.95. The molecule has 21 nitrogen and oxygen atoms in total. The van der Waals surface area contributed by atoms with E-state index in [-0.39, 0.29) is 77.9 Å². The van der Waals surface area contributed by atoms with E-state index < -0.39 is 71.2 Å². The van der Waals surface area contributed by atoms with Crippen molar-refractivity contribution in [3.05, 3.63) is 125 Å². The molecule has 2 bridgehead atoms. The van der Waals surface area contributed by atoms with Gasteiger partial charge in [-0.25, -0.2) is 36.8 Å². The van der Waals surface area contributed by atoms with E-state index >= 15 is 16.8 Å². The molecule has 3 amide bonds. The van der Waals surface area contributed by atoms with Gasteiger partial charge in [-0.2, -0.15) is 9.42 Å². The van der Waals surface area contributed by atoms with Crippen molar-refractivity contribution in [3.63, 3.8) is 0 Å². The predicted molar refractivity (Wildman–Crippen MR) is 287 cm³/mol. The van der Waals surface area contributed by atoms with Gasteiger partial charge < -0.3 is 45.4 Å².